The summed E-state index contributed by atoms with van der Waals surface area (Å²) in [6.07, 6.45) is 1.48. The Morgan fingerprint density at radius 2 is 1.62 bits per heavy atom. The third-order valence-electron chi connectivity index (χ3n) is 3.98. The van der Waals surface area contributed by atoms with Gasteiger partial charge in [-0.05, 0) is 29.8 Å². The number of carbonyl (C=O) groups excluding carboxylic acids is 2. The quantitative estimate of drug-likeness (QED) is 0.772. The maximum absolute atomic E-state index is 12.7. The largest absolute Gasteiger partial charge is 0.347 e. The third-order valence-corrected chi connectivity index (χ3v) is 3.98. The zero-order valence-electron chi connectivity index (χ0n) is 14.4. The first-order valence-electron chi connectivity index (χ1n) is 8.26. The third kappa shape index (κ3) is 4.13. The molecule has 0 bridgehead atoms. The van der Waals surface area contributed by atoms with E-state index in [-0.39, 0.29) is 17.5 Å². The van der Waals surface area contributed by atoms with E-state index in [9.17, 15) is 9.59 Å². The van der Waals surface area contributed by atoms with E-state index in [1.807, 2.05) is 60.7 Å². The van der Waals surface area contributed by atoms with Gasteiger partial charge in [-0.2, -0.15) is 0 Å². The van der Waals surface area contributed by atoms with Gasteiger partial charge in [-0.1, -0.05) is 48.5 Å². The Kier molecular flexibility index (Phi) is 5.39. The molecule has 0 saturated heterocycles. The van der Waals surface area contributed by atoms with Crippen molar-refractivity contribution in [3.63, 3.8) is 0 Å². The summed E-state index contributed by atoms with van der Waals surface area (Å²) in [4.78, 5) is 30.6. The van der Waals surface area contributed by atoms with E-state index >= 15 is 0 Å². The minimum absolute atomic E-state index is 0.198. The second kappa shape index (κ2) is 8.07. The fourth-order valence-corrected chi connectivity index (χ4v) is 2.52. The first-order chi connectivity index (χ1) is 12.6. The molecule has 0 spiro atoms. The van der Waals surface area contributed by atoms with E-state index in [0.717, 1.165) is 11.3 Å². The predicted molar refractivity (Wildman–Crippen MR) is 101 cm³/mol. The summed E-state index contributed by atoms with van der Waals surface area (Å²) in [5.41, 5.74) is 2.41. The molecule has 0 atom stereocenters. The van der Waals surface area contributed by atoms with E-state index in [4.69, 9.17) is 0 Å². The highest BCUT2D eigenvalue weighted by molar-refractivity contribution is 6.06. The molecule has 0 fully saturated rings. The van der Waals surface area contributed by atoms with Crippen LogP contribution in [-0.4, -0.2) is 23.8 Å². The maximum atomic E-state index is 12.7. The van der Waals surface area contributed by atoms with Crippen molar-refractivity contribution in [1.29, 1.82) is 0 Å². The van der Waals surface area contributed by atoms with E-state index in [2.05, 4.69) is 10.3 Å². The van der Waals surface area contributed by atoms with Gasteiger partial charge in [0.25, 0.3) is 11.8 Å². The predicted octanol–water partition coefficient (Wildman–Crippen LogP) is 3.29. The number of pyridine rings is 1. The van der Waals surface area contributed by atoms with Crippen LogP contribution in [0.15, 0.2) is 79.0 Å². The van der Waals surface area contributed by atoms with Crippen molar-refractivity contribution in [2.45, 2.75) is 6.54 Å². The number of para-hydroxylation sites is 1. The highest BCUT2D eigenvalue weighted by Crippen LogP contribution is 2.15. The SMILES string of the molecule is CN(C(=O)c1ccnc(C(=O)NCc2ccccc2)c1)c1ccccc1. The van der Waals surface area contributed by atoms with Crippen LogP contribution in [0.1, 0.15) is 26.4 Å². The number of anilines is 1. The van der Waals surface area contributed by atoms with Gasteiger partial charge in [0, 0.05) is 31.0 Å². The summed E-state index contributed by atoms with van der Waals surface area (Å²) in [7, 11) is 1.70. The Bertz CT molecular complexity index is 895. The normalized spacial score (nSPS) is 10.2. The highest BCUT2D eigenvalue weighted by Gasteiger charge is 2.16. The van der Waals surface area contributed by atoms with Crippen LogP contribution in [0.4, 0.5) is 5.69 Å². The zero-order valence-corrected chi connectivity index (χ0v) is 14.4. The molecule has 130 valence electrons. The van der Waals surface area contributed by atoms with Crippen molar-refractivity contribution < 1.29 is 9.59 Å². The Morgan fingerprint density at radius 3 is 2.31 bits per heavy atom. The average molecular weight is 345 g/mol. The molecule has 0 aliphatic heterocycles. The van der Waals surface area contributed by atoms with Gasteiger partial charge in [0.15, 0.2) is 0 Å². The minimum atomic E-state index is -0.314. The van der Waals surface area contributed by atoms with Crippen molar-refractivity contribution in [1.82, 2.24) is 10.3 Å². The van der Waals surface area contributed by atoms with Crippen LogP contribution in [-0.2, 0) is 6.54 Å². The lowest BCUT2D eigenvalue weighted by Gasteiger charge is -2.17. The lowest BCUT2D eigenvalue weighted by molar-refractivity contribution is 0.0946. The summed E-state index contributed by atoms with van der Waals surface area (Å²) in [5, 5.41) is 2.82. The van der Waals surface area contributed by atoms with Crippen molar-refractivity contribution in [3.05, 3.63) is 95.8 Å². The highest BCUT2D eigenvalue weighted by atomic mass is 16.2. The molecule has 0 aliphatic carbocycles. The van der Waals surface area contributed by atoms with Gasteiger partial charge in [0.2, 0.25) is 0 Å². The molecule has 2 amide bonds. The molecule has 0 aliphatic rings. The average Bonchev–Trinajstić information content (AvgIpc) is 2.72. The lowest BCUT2D eigenvalue weighted by Crippen LogP contribution is -2.28. The second-order valence-electron chi connectivity index (χ2n) is 5.80. The molecule has 5 heteroatoms. The van der Waals surface area contributed by atoms with Gasteiger partial charge in [-0.15, -0.1) is 0 Å². The summed E-state index contributed by atoms with van der Waals surface area (Å²) in [5.74, 6) is -0.512. The van der Waals surface area contributed by atoms with Gasteiger partial charge in [0.1, 0.15) is 5.69 Å². The number of hydrogen-bond acceptors (Lipinski definition) is 3. The Labute approximate surface area is 152 Å². The van der Waals surface area contributed by atoms with Crippen LogP contribution in [0.25, 0.3) is 0 Å². The maximum Gasteiger partial charge on any atom is 0.270 e. The molecule has 3 aromatic rings. The molecule has 0 saturated carbocycles. The van der Waals surface area contributed by atoms with Gasteiger partial charge in [-0.3, -0.25) is 14.6 Å². The molecule has 0 radical (unpaired) electrons. The minimum Gasteiger partial charge on any atom is -0.347 e. The van der Waals surface area contributed by atoms with Gasteiger partial charge < -0.3 is 10.2 Å². The van der Waals surface area contributed by atoms with Crippen LogP contribution in [0.5, 0.6) is 0 Å². The fourth-order valence-electron chi connectivity index (χ4n) is 2.52. The van der Waals surface area contributed by atoms with E-state index in [1.165, 1.54) is 12.3 Å². The lowest BCUT2D eigenvalue weighted by atomic mass is 10.1. The van der Waals surface area contributed by atoms with Crippen molar-refractivity contribution in [2.75, 3.05) is 11.9 Å². The molecule has 1 N–H and O–H groups in total. The Hall–Kier alpha value is -3.47. The number of amides is 2. The molecule has 5 nitrogen and oxygen atoms in total. The number of carbonyl (C=O) groups is 2. The number of rotatable bonds is 5. The molecule has 1 aromatic heterocycles. The molecule has 3 rings (SSSR count). The van der Waals surface area contributed by atoms with Crippen molar-refractivity contribution in [3.8, 4) is 0 Å². The number of nitrogens with zero attached hydrogens (tertiary/aromatic N) is 2. The number of aromatic nitrogens is 1. The zero-order chi connectivity index (χ0) is 18.4. The molecule has 26 heavy (non-hydrogen) atoms. The number of nitrogens with one attached hydrogen (secondary N) is 1. The monoisotopic (exact) mass is 345 g/mol. The fraction of sp³-hybridized carbons (Fsp3) is 0.0952. The van der Waals surface area contributed by atoms with Gasteiger partial charge >= 0.3 is 0 Å². The van der Waals surface area contributed by atoms with Crippen LogP contribution in [0, 0.1) is 0 Å². The summed E-state index contributed by atoms with van der Waals surface area (Å²) in [6, 6.07) is 22.1. The molecule has 2 aromatic carbocycles. The van der Waals surface area contributed by atoms with Gasteiger partial charge in [0.05, 0.1) is 0 Å². The summed E-state index contributed by atoms with van der Waals surface area (Å²) >= 11 is 0. The molecular formula is C21H19N3O2. The Morgan fingerprint density at radius 1 is 0.962 bits per heavy atom. The van der Waals surface area contributed by atoms with E-state index in [0.29, 0.717) is 12.1 Å². The van der Waals surface area contributed by atoms with Crippen LogP contribution >= 0.6 is 0 Å². The topological polar surface area (TPSA) is 62.3 Å². The smallest absolute Gasteiger partial charge is 0.270 e. The van der Waals surface area contributed by atoms with E-state index in [1.54, 1.807) is 18.0 Å². The van der Waals surface area contributed by atoms with E-state index < -0.39 is 0 Å². The first-order valence-corrected chi connectivity index (χ1v) is 8.26. The molecule has 0 unspecified atom stereocenters. The molecular weight excluding hydrogens is 326 g/mol. The van der Waals surface area contributed by atoms with Crippen molar-refractivity contribution in [2.24, 2.45) is 0 Å². The standard InChI is InChI=1S/C21H19N3O2/c1-24(18-10-6-3-7-11-18)21(26)17-12-13-22-19(14-17)20(25)23-15-16-8-4-2-5-9-16/h2-14H,15H2,1H3,(H,23,25). The van der Waals surface area contributed by atoms with Crippen LogP contribution in [0.2, 0.25) is 0 Å². The molecule has 1 heterocycles. The summed E-state index contributed by atoms with van der Waals surface area (Å²) < 4.78 is 0. The van der Waals surface area contributed by atoms with Crippen LogP contribution < -0.4 is 10.2 Å². The second-order valence-corrected chi connectivity index (χ2v) is 5.80. The Balaban J connectivity index is 1.71. The number of benzene rings is 2. The number of hydrogen-bond donors (Lipinski definition) is 1. The van der Waals surface area contributed by atoms with Gasteiger partial charge in [-0.25, -0.2) is 0 Å². The summed E-state index contributed by atoms with van der Waals surface area (Å²) in [6.45, 7) is 0.406. The van der Waals surface area contributed by atoms with Crippen LogP contribution in [0.3, 0.4) is 0 Å². The first kappa shape index (κ1) is 17.4. The van der Waals surface area contributed by atoms with Crippen molar-refractivity contribution >= 4 is 17.5 Å².